The van der Waals surface area contributed by atoms with E-state index in [4.69, 9.17) is 16.3 Å². The van der Waals surface area contributed by atoms with E-state index in [0.29, 0.717) is 22.4 Å². The van der Waals surface area contributed by atoms with Crippen LogP contribution >= 0.6 is 11.6 Å². The smallest absolute Gasteiger partial charge is 0.262 e. The van der Waals surface area contributed by atoms with Crippen molar-refractivity contribution in [1.29, 1.82) is 0 Å². The highest BCUT2D eigenvalue weighted by atomic mass is 35.5. The van der Waals surface area contributed by atoms with Gasteiger partial charge in [-0.1, -0.05) is 46.2 Å². The fourth-order valence-corrected chi connectivity index (χ4v) is 4.53. The van der Waals surface area contributed by atoms with Crippen molar-refractivity contribution in [3.63, 3.8) is 0 Å². The number of anilines is 1. The van der Waals surface area contributed by atoms with Gasteiger partial charge >= 0.3 is 0 Å². The number of phenols is 1. The molecule has 0 radical (unpaired) electrons. The minimum atomic E-state index is -0.129. The van der Waals surface area contributed by atoms with Crippen LogP contribution in [-0.2, 0) is 4.74 Å². The minimum absolute atomic E-state index is 0.129. The summed E-state index contributed by atoms with van der Waals surface area (Å²) in [5.74, 6) is 0.826. The third kappa shape index (κ3) is 7.49. The van der Waals surface area contributed by atoms with E-state index < -0.39 is 0 Å². The standard InChI is InChI=1S/C20H19ClN2O2.C5H10O.2C2H6/c1-13-6-8-22(12-13)19-5-2-15(11-18(19)21)23-9-7-14-10-16(24)3-4-17(14)20(23)25;1-5-3-2-4-6-5;2*1-2/h2-5,7,9-11,13,24H,6,8,12H2,1H3;5H,2-4H2,1H3;2*1-2H3/t;5-;;/m.1../s1. The molecule has 0 aliphatic carbocycles. The number of hydrogen-bond acceptors (Lipinski definition) is 4. The summed E-state index contributed by atoms with van der Waals surface area (Å²) in [6, 6.07) is 12.3. The van der Waals surface area contributed by atoms with E-state index in [1.807, 2.05) is 52.0 Å². The SMILES string of the molecule is CC.CC.CC1CCN(c2ccc(-n3ccc4cc(O)ccc4c3=O)cc2Cl)C1.C[C@@H]1CCCO1. The van der Waals surface area contributed by atoms with Crippen LogP contribution in [0, 0.1) is 5.92 Å². The highest BCUT2D eigenvalue weighted by Crippen LogP contribution is 2.32. The molecule has 2 atom stereocenters. The highest BCUT2D eigenvalue weighted by Gasteiger charge is 2.21. The number of fused-ring (bicyclic) bond motifs is 1. The number of hydrogen-bond donors (Lipinski definition) is 1. The Labute approximate surface area is 215 Å². The summed E-state index contributed by atoms with van der Waals surface area (Å²) in [4.78, 5) is 15.1. The van der Waals surface area contributed by atoms with E-state index in [9.17, 15) is 9.90 Å². The Hall–Kier alpha value is -2.50. The summed E-state index contributed by atoms with van der Waals surface area (Å²) >= 11 is 6.51. The number of benzene rings is 2. The summed E-state index contributed by atoms with van der Waals surface area (Å²) < 4.78 is 6.74. The van der Waals surface area contributed by atoms with Gasteiger partial charge in [0.2, 0.25) is 0 Å². The van der Waals surface area contributed by atoms with Crippen LogP contribution in [0.4, 0.5) is 5.69 Å². The predicted octanol–water partition coefficient (Wildman–Crippen LogP) is 7.43. The van der Waals surface area contributed by atoms with Gasteiger partial charge in [-0.05, 0) is 80.0 Å². The van der Waals surface area contributed by atoms with Crippen molar-refractivity contribution < 1.29 is 9.84 Å². The molecule has 2 aliphatic rings. The van der Waals surface area contributed by atoms with Crippen molar-refractivity contribution in [2.24, 2.45) is 5.92 Å². The van der Waals surface area contributed by atoms with Gasteiger partial charge in [0.15, 0.2) is 0 Å². The third-order valence-corrected chi connectivity index (χ3v) is 6.32. The second-order valence-electron chi connectivity index (χ2n) is 8.56. The first kappa shape index (κ1) is 28.7. The van der Waals surface area contributed by atoms with E-state index in [2.05, 4.69) is 18.7 Å². The number of rotatable bonds is 2. The Kier molecular flexibility index (Phi) is 11.6. The Morgan fingerprint density at radius 1 is 1.00 bits per heavy atom. The lowest BCUT2D eigenvalue weighted by molar-refractivity contribution is 0.125. The van der Waals surface area contributed by atoms with Crippen LogP contribution in [0.25, 0.3) is 16.5 Å². The van der Waals surface area contributed by atoms with Gasteiger partial charge in [0.05, 0.1) is 22.5 Å². The van der Waals surface area contributed by atoms with E-state index >= 15 is 0 Å². The average Bonchev–Trinajstić information content (AvgIpc) is 3.53. The van der Waals surface area contributed by atoms with E-state index in [1.165, 1.54) is 25.3 Å². The van der Waals surface area contributed by atoms with Crippen LogP contribution < -0.4 is 10.5 Å². The zero-order chi connectivity index (χ0) is 26.0. The molecule has 5 nitrogen and oxygen atoms in total. The fourth-order valence-electron chi connectivity index (χ4n) is 4.23. The van der Waals surface area contributed by atoms with Crippen molar-refractivity contribution in [2.75, 3.05) is 24.6 Å². The van der Waals surface area contributed by atoms with Gasteiger partial charge in [-0.3, -0.25) is 9.36 Å². The molecule has 5 rings (SSSR count). The molecule has 2 fully saturated rings. The maximum absolute atomic E-state index is 12.8. The zero-order valence-corrected chi connectivity index (χ0v) is 22.8. The van der Waals surface area contributed by atoms with Crippen LogP contribution in [0.5, 0.6) is 5.75 Å². The normalized spacial score (nSPS) is 18.7. The molecule has 1 N–H and O–H groups in total. The molecule has 2 saturated heterocycles. The van der Waals surface area contributed by atoms with Gasteiger partial charge in [0.25, 0.3) is 5.56 Å². The monoisotopic (exact) mass is 500 g/mol. The van der Waals surface area contributed by atoms with Crippen LogP contribution in [0.3, 0.4) is 0 Å². The first-order chi connectivity index (χ1) is 16.9. The number of phenolic OH excluding ortho intramolecular Hbond substituents is 1. The van der Waals surface area contributed by atoms with Crippen molar-refractivity contribution in [2.45, 2.75) is 66.9 Å². The lowest BCUT2D eigenvalue weighted by Gasteiger charge is -2.20. The number of aromatic nitrogens is 1. The van der Waals surface area contributed by atoms with Crippen LogP contribution in [0.1, 0.15) is 60.8 Å². The number of nitrogens with zero attached hydrogens (tertiary/aromatic N) is 2. The van der Waals surface area contributed by atoms with Gasteiger partial charge in [0, 0.05) is 31.3 Å². The molecule has 0 spiro atoms. The molecule has 1 aromatic heterocycles. The summed E-state index contributed by atoms with van der Waals surface area (Å²) in [5.41, 5.74) is 1.63. The van der Waals surface area contributed by atoms with Crippen molar-refractivity contribution in [3.8, 4) is 11.4 Å². The van der Waals surface area contributed by atoms with Gasteiger partial charge in [-0.25, -0.2) is 0 Å². The molecule has 2 aromatic carbocycles. The summed E-state index contributed by atoms with van der Waals surface area (Å²) in [5, 5.41) is 11.5. The van der Waals surface area contributed by atoms with Gasteiger partial charge in [-0.15, -0.1) is 0 Å². The molecule has 0 saturated carbocycles. The van der Waals surface area contributed by atoms with Crippen molar-refractivity contribution in [1.82, 2.24) is 4.57 Å². The van der Waals surface area contributed by atoms with E-state index in [0.717, 1.165) is 36.5 Å². The molecular formula is C29H41ClN2O3. The molecule has 192 valence electrons. The number of ether oxygens (including phenoxy) is 1. The second kappa shape index (κ2) is 14.2. The Morgan fingerprint density at radius 2 is 1.74 bits per heavy atom. The first-order valence-corrected chi connectivity index (χ1v) is 13.3. The van der Waals surface area contributed by atoms with E-state index in [-0.39, 0.29) is 11.3 Å². The first-order valence-electron chi connectivity index (χ1n) is 12.9. The van der Waals surface area contributed by atoms with Crippen molar-refractivity contribution in [3.05, 3.63) is 64.0 Å². The Morgan fingerprint density at radius 3 is 2.29 bits per heavy atom. The number of aromatic hydroxyl groups is 1. The van der Waals surface area contributed by atoms with Gasteiger partial charge in [-0.2, -0.15) is 0 Å². The molecule has 0 amide bonds. The predicted molar refractivity (Wildman–Crippen MR) is 150 cm³/mol. The lowest BCUT2D eigenvalue weighted by atomic mass is 10.1. The molecular weight excluding hydrogens is 460 g/mol. The summed E-state index contributed by atoms with van der Waals surface area (Å²) in [6.07, 6.45) is 5.97. The third-order valence-electron chi connectivity index (χ3n) is 6.02. The Bertz CT molecular complexity index is 1120. The average molecular weight is 501 g/mol. The topological polar surface area (TPSA) is 54.7 Å². The molecule has 6 heteroatoms. The fraction of sp³-hybridized carbons (Fsp3) is 0.483. The number of pyridine rings is 1. The quantitative estimate of drug-likeness (QED) is 0.397. The number of halogens is 1. The van der Waals surface area contributed by atoms with Gasteiger partial charge < -0.3 is 14.7 Å². The Balaban J connectivity index is 0.000000368. The molecule has 1 unspecified atom stereocenters. The minimum Gasteiger partial charge on any atom is -0.508 e. The van der Waals surface area contributed by atoms with Crippen molar-refractivity contribution >= 4 is 28.1 Å². The largest absolute Gasteiger partial charge is 0.508 e. The summed E-state index contributed by atoms with van der Waals surface area (Å²) in [7, 11) is 0. The maximum atomic E-state index is 12.8. The lowest BCUT2D eigenvalue weighted by Crippen LogP contribution is -2.20. The zero-order valence-electron chi connectivity index (χ0n) is 22.1. The van der Waals surface area contributed by atoms with E-state index in [1.54, 1.807) is 22.9 Å². The maximum Gasteiger partial charge on any atom is 0.262 e. The molecule has 3 aromatic rings. The molecule has 2 aliphatic heterocycles. The van der Waals surface area contributed by atoms with Crippen LogP contribution in [0.15, 0.2) is 53.5 Å². The van der Waals surface area contributed by atoms with Gasteiger partial charge in [0.1, 0.15) is 5.75 Å². The molecule has 3 heterocycles. The second-order valence-corrected chi connectivity index (χ2v) is 8.97. The van der Waals surface area contributed by atoms with Crippen LogP contribution in [-0.4, -0.2) is 35.5 Å². The highest BCUT2D eigenvalue weighted by molar-refractivity contribution is 6.33. The molecule has 0 bridgehead atoms. The van der Waals surface area contributed by atoms with Crippen LogP contribution in [0.2, 0.25) is 5.02 Å². The molecule has 35 heavy (non-hydrogen) atoms. The summed E-state index contributed by atoms with van der Waals surface area (Å²) in [6.45, 7) is 15.4.